The lowest BCUT2D eigenvalue weighted by molar-refractivity contribution is -0.113. The van der Waals surface area contributed by atoms with Gasteiger partial charge in [0.25, 0.3) is 0 Å². The van der Waals surface area contributed by atoms with E-state index in [1.54, 1.807) is 0 Å². The molecule has 0 atom stereocenters. The van der Waals surface area contributed by atoms with Gasteiger partial charge in [-0.1, -0.05) is 67.6 Å². The van der Waals surface area contributed by atoms with Gasteiger partial charge in [-0.25, -0.2) is 0 Å². The summed E-state index contributed by atoms with van der Waals surface area (Å²) in [5.41, 5.74) is 3.92. The van der Waals surface area contributed by atoms with Crippen molar-refractivity contribution in [2.24, 2.45) is 0 Å². The molecule has 0 spiro atoms. The average Bonchev–Trinajstić information content (AvgIpc) is 2.61. The maximum atomic E-state index is 12.9. The van der Waals surface area contributed by atoms with E-state index < -0.39 is 0 Å². The van der Waals surface area contributed by atoms with Gasteiger partial charge in [0.15, 0.2) is 5.78 Å². The van der Waals surface area contributed by atoms with Crippen LogP contribution in [0, 0.1) is 0 Å². The monoisotopic (exact) mass is 317 g/mol. The molecular weight excluding hydrogens is 294 g/mol. The topological polar surface area (TPSA) is 20.3 Å². The van der Waals surface area contributed by atoms with Crippen molar-refractivity contribution in [2.75, 3.05) is 19.6 Å². The molecule has 1 aliphatic rings. The lowest BCUT2D eigenvalue weighted by Crippen LogP contribution is -2.38. The first-order chi connectivity index (χ1) is 11.8. The third-order valence-corrected chi connectivity index (χ3v) is 4.19. The van der Waals surface area contributed by atoms with Gasteiger partial charge in [-0.2, -0.15) is 0 Å². The summed E-state index contributed by atoms with van der Waals surface area (Å²) in [7, 11) is 0. The van der Waals surface area contributed by atoms with Gasteiger partial charge >= 0.3 is 0 Å². The predicted octanol–water partition coefficient (Wildman–Crippen LogP) is 4.45. The Kier molecular flexibility index (Phi) is 5.39. The highest BCUT2D eigenvalue weighted by Crippen LogP contribution is 2.22. The highest BCUT2D eigenvalue weighted by Gasteiger charge is 2.25. The van der Waals surface area contributed by atoms with Gasteiger partial charge in [-0.3, -0.25) is 9.69 Å². The number of nitrogens with zero attached hydrogens (tertiary/aromatic N) is 1. The molecular formula is C22H23NO. The summed E-state index contributed by atoms with van der Waals surface area (Å²) in [5.74, 6) is 0.176. The van der Waals surface area contributed by atoms with E-state index in [0.717, 1.165) is 48.3 Å². The zero-order valence-electron chi connectivity index (χ0n) is 14.1. The normalized spacial score (nSPS) is 19.1. The molecule has 0 bridgehead atoms. The molecule has 0 N–H and O–H groups in total. The van der Waals surface area contributed by atoms with Crippen LogP contribution >= 0.6 is 0 Å². The van der Waals surface area contributed by atoms with Crippen molar-refractivity contribution in [3.63, 3.8) is 0 Å². The van der Waals surface area contributed by atoms with Crippen LogP contribution in [0.3, 0.4) is 0 Å². The van der Waals surface area contributed by atoms with Crippen LogP contribution in [0.4, 0.5) is 0 Å². The number of rotatable bonds is 4. The Bertz CT molecular complexity index is 683. The van der Waals surface area contributed by atoms with Crippen molar-refractivity contribution < 1.29 is 4.79 Å². The number of hydrogen-bond donors (Lipinski definition) is 0. The van der Waals surface area contributed by atoms with Gasteiger partial charge in [-0.05, 0) is 36.2 Å². The van der Waals surface area contributed by atoms with E-state index in [2.05, 4.69) is 11.8 Å². The quantitative estimate of drug-likeness (QED) is 0.777. The second kappa shape index (κ2) is 7.89. The SMILES string of the molecule is CCCN1CC(=Cc2ccccc2)C(=O)C(=Cc2ccccc2)C1. The van der Waals surface area contributed by atoms with Crippen molar-refractivity contribution in [1.29, 1.82) is 0 Å². The molecule has 0 radical (unpaired) electrons. The minimum Gasteiger partial charge on any atom is -0.295 e. The smallest absolute Gasteiger partial charge is 0.187 e. The number of likely N-dealkylation sites (tertiary alicyclic amines) is 1. The van der Waals surface area contributed by atoms with Crippen LogP contribution in [-0.2, 0) is 4.79 Å². The van der Waals surface area contributed by atoms with Crippen molar-refractivity contribution in [1.82, 2.24) is 4.90 Å². The summed E-state index contributed by atoms with van der Waals surface area (Å²) in [5, 5.41) is 0. The van der Waals surface area contributed by atoms with Gasteiger partial charge < -0.3 is 0 Å². The van der Waals surface area contributed by atoms with E-state index in [9.17, 15) is 4.79 Å². The maximum Gasteiger partial charge on any atom is 0.187 e. The van der Waals surface area contributed by atoms with Crippen molar-refractivity contribution >= 4 is 17.9 Å². The number of piperidine rings is 1. The molecule has 0 amide bonds. The van der Waals surface area contributed by atoms with E-state index in [1.807, 2.05) is 72.8 Å². The summed E-state index contributed by atoms with van der Waals surface area (Å²) in [6, 6.07) is 20.2. The highest BCUT2D eigenvalue weighted by molar-refractivity contribution is 6.14. The third kappa shape index (κ3) is 4.09. The molecule has 24 heavy (non-hydrogen) atoms. The molecule has 1 saturated heterocycles. The fourth-order valence-electron chi connectivity index (χ4n) is 3.09. The standard InChI is InChI=1S/C22H23NO/c1-2-13-23-16-20(14-18-9-5-3-6-10-18)22(24)21(17-23)15-19-11-7-4-8-12-19/h3-12,14-15H,2,13,16-17H2,1H3. The Morgan fingerprint density at radius 3 is 1.71 bits per heavy atom. The lowest BCUT2D eigenvalue weighted by atomic mass is 9.94. The molecule has 1 aliphatic heterocycles. The Balaban J connectivity index is 1.93. The summed E-state index contributed by atoms with van der Waals surface area (Å²) in [4.78, 5) is 15.3. The van der Waals surface area contributed by atoms with E-state index in [-0.39, 0.29) is 5.78 Å². The van der Waals surface area contributed by atoms with Crippen molar-refractivity contribution in [3.8, 4) is 0 Å². The van der Waals surface area contributed by atoms with Crippen molar-refractivity contribution in [3.05, 3.63) is 82.9 Å². The predicted molar refractivity (Wildman–Crippen MR) is 101 cm³/mol. The molecule has 2 heteroatoms. The minimum absolute atomic E-state index is 0.176. The second-order valence-corrected chi connectivity index (χ2v) is 6.20. The molecule has 0 unspecified atom stereocenters. The van der Waals surface area contributed by atoms with Crippen LogP contribution in [-0.4, -0.2) is 30.3 Å². The summed E-state index contributed by atoms with van der Waals surface area (Å²) in [6.07, 6.45) is 5.15. The molecule has 2 aromatic carbocycles. The van der Waals surface area contributed by atoms with Crippen LogP contribution in [0.1, 0.15) is 24.5 Å². The van der Waals surface area contributed by atoms with Crippen LogP contribution in [0.2, 0.25) is 0 Å². The van der Waals surface area contributed by atoms with E-state index in [0.29, 0.717) is 0 Å². The largest absolute Gasteiger partial charge is 0.295 e. The summed E-state index contributed by atoms with van der Waals surface area (Å²) < 4.78 is 0. The number of carbonyl (C=O) groups excluding carboxylic acids is 1. The van der Waals surface area contributed by atoms with Gasteiger partial charge in [0.1, 0.15) is 0 Å². The zero-order valence-corrected chi connectivity index (χ0v) is 14.1. The van der Waals surface area contributed by atoms with Crippen molar-refractivity contribution in [2.45, 2.75) is 13.3 Å². The first kappa shape index (κ1) is 16.4. The number of Topliss-reactive ketones (excluding diaryl/α,β-unsaturated/α-hetero) is 1. The van der Waals surface area contributed by atoms with Crippen LogP contribution < -0.4 is 0 Å². The Labute approximate surface area is 144 Å². The number of hydrogen-bond acceptors (Lipinski definition) is 2. The minimum atomic E-state index is 0.176. The van der Waals surface area contributed by atoms with E-state index in [4.69, 9.17) is 0 Å². The lowest BCUT2D eigenvalue weighted by Gasteiger charge is -2.29. The molecule has 0 saturated carbocycles. The van der Waals surface area contributed by atoms with Gasteiger partial charge in [0.2, 0.25) is 0 Å². The first-order valence-corrected chi connectivity index (χ1v) is 8.54. The number of benzene rings is 2. The van der Waals surface area contributed by atoms with Gasteiger partial charge in [-0.15, -0.1) is 0 Å². The molecule has 2 nitrogen and oxygen atoms in total. The van der Waals surface area contributed by atoms with Crippen LogP contribution in [0.5, 0.6) is 0 Å². The molecule has 0 aliphatic carbocycles. The molecule has 1 heterocycles. The van der Waals surface area contributed by atoms with Crippen LogP contribution in [0.25, 0.3) is 12.2 Å². The maximum absolute atomic E-state index is 12.9. The first-order valence-electron chi connectivity index (χ1n) is 8.54. The zero-order chi connectivity index (χ0) is 16.8. The van der Waals surface area contributed by atoms with E-state index >= 15 is 0 Å². The number of ketones is 1. The van der Waals surface area contributed by atoms with Gasteiger partial charge in [0, 0.05) is 24.2 Å². The fourth-order valence-corrected chi connectivity index (χ4v) is 3.09. The average molecular weight is 317 g/mol. The molecule has 1 fully saturated rings. The Hall–Kier alpha value is -2.45. The van der Waals surface area contributed by atoms with Gasteiger partial charge in [0.05, 0.1) is 0 Å². The fraction of sp³-hybridized carbons (Fsp3) is 0.227. The molecule has 0 aromatic heterocycles. The highest BCUT2D eigenvalue weighted by atomic mass is 16.1. The molecule has 3 rings (SSSR count). The Morgan fingerprint density at radius 2 is 1.29 bits per heavy atom. The Morgan fingerprint density at radius 1 is 0.833 bits per heavy atom. The second-order valence-electron chi connectivity index (χ2n) is 6.20. The number of carbonyl (C=O) groups is 1. The third-order valence-electron chi connectivity index (χ3n) is 4.19. The summed E-state index contributed by atoms with van der Waals surface area (Å²) >= 11 is 0. The molecule has 2 aromatic rings. The summed E-state index contributed by atoms with van der Waals surface area (Å²) in [6.45, 7) is 4.64. The van der Waals surface area contributed by atoms with E-state index in [1.165, 1.54) is 0 Å². The van der Waals surface area contributed by atoms with Crippen LogP contribution in [0.15, 0.2) is 71.8 Å². The molecule has 122 valence electrons.